The van der Waals surface area contributed by atoms with Crippen LogP contribution in [0.2, 0.25) is 0 Å². The Kier molecular flexibility index (Phi) is 3.86. The van der Waals surface area contributed by atoms with Crippen molar-refractivity contribution in [1.82, 2.24) is 20.6 Å². The molecule has 1 aromatic heterocycles. The summed E-state index contributed by atoms with van der Waals surface area (Å²) in [5, 5.41) is 5.76. The molecule has 1 unspecified atom stereocenters. The second kappa shape index (κ2) is 5.57. The van der Waals surface area contributed by atoms with Crippen molar-refractivity contribution in [3.63, 3.8) is 0 Å². The van der Waals surface area contributed by atoms with Crippen LogP contribution in [0.4, 0.5) is 4.79 Å². The number of fused-ring (bicyclic) bond motifs is 1. The first kappa shape index (κ1) is 13.2. The molecular weight excluding hydrogens is 246 g/mol. The highest BCUT2D eigenvalue weighted by Gasteiger charge is 2.06. The number of hydrogen-bond donors (Lipinski definition) is 5. The highest BCUT2D eigenvalue weighted by Crippen LogP contribution is 2.16. The lowest BCUT2D eigenvalue weighted by Crippen LogP contribution is -2.35. The fourth-order valence-corrected chi connectivity index (χ4v) is 1.91. The summed E-state index contributed by atoms with van der Waals surface area (Å²) in [5.41, 5.74) is 7.39. The fraction of sp³-hybridized carbons (Fsp3) is 0.333. The first-order valence-electron chi connectivity index (χ1n) is 6.05. The summed E-state index contributed by atoms with van der Waals surface area (Å²) in [6.45, 7) is 3.10. The SMILES string of the molecule is CC(NCCNC(N)=O)c1ccc2[nH]c(=O)[nH]c2c1. The topological polar surface area (TPSA) is 116 Å². The van der Waals surface area contributed by atoms with Gasteiger partial charge in [0.2, 0.25) is 0 Å². The summed E-state index contributed by atoms with van der Waals surface area (Å²) in [5.74, 6) is 0. The highest BCUT2D eigenvalue weighted by atomic mass is 16.2. The standard InChI is InChI=1S/C12H17N5O2/c1-7(14-4-5-15-11(13)18)8-2-3-9-10(6-8)17-12(19)16-9/h2-3,6-7,14H,4-5H2,1H3,(H3,13,15,18)(H2,16,17,19). The van der Waals surface area contributed by atoms with Crippen LogP contribution >= 0.6 is 0 Å². The predicted octanol–water partition coefficient (Wildman–Crippen LogP) is 0.175. The summed E-state index contributed by atoms with van der Waals surface area (Å²) in [7, 11) is 0. The van der Waals surface area contributed by atoms with Gasteiger partial charge < -0.3 is 26.3 Å². The average molecular weight is 263 g/mol. The van der Waals surface area contributed by atoms with Crippen LogP contribution in [-0.4, -0.2) is 29.1 Å². The van der Waals surface area contributed by atoms with Gasteiger partial charge in [-0.15, -0.1) is 0 Å². The Balaban J connectivity index is 1.98. The van der Waals surface area contributed by atoms with E-state index in [0.29, 0.717) is 13.1 Å². The molecule has 0 spiro atoms. The Morgan fingerprint density at radius 1 is 1.32 bits per heavy atom. The minimum Gasteiger partial charge on any atom is -0.352 e. The molecule has 2 aromatic rings. The van der Waals surface area contributed by atoms with Gasteiger partial charge >= 0.3 is 11.7 Å². The molecule has 2 amide bonds. The van der Waals surface area contributed by atoms with Crippen molar-refractivity contribution in [1.29, 1.82) is 0 Å². The van der Waals surface area contributed by atoms with Gasteiger partial charge in [-0.25, -0.2) is 9.59 Å². The number of amides is 2. The summed E-state index contributed by atoms with van der Waals surface area (Å²) in [4.78, 5) is 27.1. The third kappa shape index (κ3) is 3.35. The molecule has 102 valence electrons. The van der Waals surface area contributed by atoms with Crippen molar-refractivity contribution < 1.29 is 4.79 Å². The lowest BCUT2D eigenvalue weighted by atomic mass is 10.1. The van der Waals surface area contributed by atoms with Gasteiger partial charge in [0.25, 0.3) is 0 Å². The van der Waals surface area contributed by atoms with Crippen molar-refractivity contribution in [2.24, 2.45) is 5.73 Å². The van der Waals surface area contributed by atoms with E-state index in [0.717, 1.165) is 16.6 Å². The van der Waals surface area contributed by atoms with Crippen LogP contribution in [0, 0.1) is 0 Å². The number of rotatable bonds is 5. The third-order valence-corrected chi connectivity index (χ3v) is 2.91. The van der Waals surface area contributed by atoms with Crippen molar-refractivity contribution in [2.75, 3.05) is 13.1 Å². The first-order chi connectivity index (χ1) is 9.06. The lowest BCUT2D eigenvalue weighted by molar-refractivity contribution is 0.249. The van der Waals surface area contributed by atoms with Crippen LogP contribution in [0.15, 0.2) is 23.0 Å². The number of imidazole rings is 1. The van der Waals surface area contributed by atoms with Crippen molar-refractivity contribution in [3.8, 4) is 0 Å². The number of benzene rings is 1. The van der Waals surface area contributed by atoms with Gasteiger partial charge in [0, 0.05) is 19.1 Å². The molecule has 1 heterocycles. The molecule has 0 aliphatic rings. The number of H-pyrrole nitrogens is 2. The minimum absolute atomic E-state index is 0.109. The highest BCUT2D eigenvalue weighted by molar-refractivity contribution is 5.75. The number of nitrogens with one attached hydrogen (secondary N) is 4. The van der Waals surface area contributed by atoms with E-state index < -0.39 is 6.03 Å². The van der Waals surface area contributed by atoms with E-state index in [-0.39, 0.29) is 11.7 Å². The molecule has 7 heteroatoms. The average Bonchev–Trinajstić information content (AvgIpc) is 2.73. The Morgan fingerprint density at radius 2 is 2.05 bits per heavy atom. The summed E-state index contributed by atoms with van der Waals surface area (Å²) < 4.78 is 0. The summed E-state index contributed by atoms with van der Waals surface area (Å²) in [6, 6.07) is 5.32. The Morgan fingerprint density at radius 3 is 2.79 bits per heavy atom. The van der Waals surface area contributed by atoms with Crippen LogP contribution in [0.1, 0.15) is 18.5 Å². The lowest BCUT2D eigenvalue weighted by Gasteiger charge is -2.14. The van der Waals surface area contributed by atoms with E-state index in [1.54, 1.807) is 0 Å². The predicted molar refractivity (Wildman–Crippen MR) is 72.9 cm³/mol. The zero-order valence-electron chi connectivity index (χ0n) is 10.6. The largest absolute Gasteiger partial charge is 0.352 e. The second-order valence-electron chi connectivity index (χ2n) is 4.35. The number of aromatic nitrogens is 2. The summed E-state index contributed by atoms with van der Waals surface area (Å²) >= 11 is 0. The minimum atomic E-state index is -0.527. The van der Waals surface area contributed by atoms with Crippen LogP contribution in [0.5, 0.6) is 0 Å². The van der Waals surface area contributed by atoms with Gasteiger partial charge in [-0.2, -0.15) is 0 Å². The third-order valence-electron chi connectivity index (χ3n) is 2.91. The Bertz CT molecular complexity index is 630. The molecule has 19 heavy (non-hydrogen) atoms. The van der Waals surface area contributed by atoms with Gasteiger partial charge in [-0.1, -0.05) is 6.07 Å². The Labute approximate surface area is 109 Å². The van der Waals surface area contributed by atoms with Crippen LogP contribution in [0.3, 0.4) is 0 Å². The van der Waals surface area contributed by atoms with Gasteiger partial charge in [0.1, 0.15) is 0 Å². The van der Waals surface area contributed by atoms with E-state index in [2.05, 4.69) is 20.6 Å². The van der Waals surface area contributed by atoms with E-state index >= 15 is 0 Å². The fourth-order valence-electron chi connectivity index (χ4n) is 1.91. The zero-order chi connectivity index (χ0) is 13.8. The normalized spacial score (nSPS) is 12.5. The number of nitrogens with two attached hydrogens (primary N) is 1. The molecule has 1 atom stereocenters. The van der Waals surface area contributed by atoms with Crippen LogP contribution in [0.25, 0.3) is 11.0 Å². The second-order valence-corrected chi connectivity index (χ2v) is 4.35. The maximum absolute atomic E-state index is 11.2. The number of primary amides is 1. The molecule has 0 fully saturated rings. The van der Waals surface area contributed by atoms with Crippen LogP contribution in [-0.2, 0) is 0 Å². The smallest absolute Gasteiger partial charge is 0.323 e. The van der Waals surface area contributed by atoms with E-state index in [1.807, 2.05) is 25.1 Å². The first-order valence-corrected chi connectivity index (χ1v) is 6.05. The van der Waals surface area contributed by atoms with Crippen molar-refractivity contribution in [2.45, 2.75) is 13.0 Å². The van der Waals surface area contributed by atoms with E-state index in [4.69, 9.17) is 5.73 Å². The molecule has 0 radical (unpaired) electrons. The van der Waals surface area contributed by atoms with Gasteiger partial charge in [0.15, 0.2) is 0 Å². The molecule has 1 aromatic carbocycles. The van der Waals surface area contributed by atoms with Crippen LogP contribution < -0.4 is 22.1 Å². The quantitative estimate of drug-likeness (QED) is 0.495. The monoisotopic (exact) mass is 263 g/mol. The van der Waals surface area contributed by atoms with Gasteiger partial charge in [-0.3, -0.25) is 0 Å². The van der Waals surface area contributed by atoms with Gasteiger partial charge in [-0.05, 0) is 24.6 Å². The zero-order valence-corrected chi connectivity index (χ0v) is 10.6. The molecular formula is C12H17N5O2. The molecule has 6 N–H and O–H groups in total. The van der Waals surface area contributed by atoms with Gasteiger partial charge in [0.05, 0.1) is 11.0 Å². The molecule has 0 aliphatic carbocycles. The Hall–Kier alpha value is -2.28. The maximum Gasteiger partial charge on any atom is 0.323 e. The van der Waals surface area contributed by atoms with E-state index in [9.17, 15) is 9.59 Å². The number of hydrogen-bond acceptors (Lipinski definition) is 3. The number of aromatic amines is 2. The molecule has 7 nitrogen and oxygen atoms in total. The molecule has 0 saturated carbocycles. The van der Waals surface area contributed by atoms with Crippen molar-refractivity contribution in [3.05, 3.63) is 34.2 Å². The molecule has 0 aliphatic heterocycles. The number of carbonyl (C=O) groups excluding carboxylic acids is 1. The maximum atomic E-state index is 11.2. The molecule has 2 rings (SSSR count). The number of carbonyl (C=O) groups is 1. The molecule has 0 bridgehead atoms. The molecule has 0 saturated heterocycles. The number of urea groups is 1. The summed E-state index contributed by atoms with van der Waals surface area (Å²) in [6.07, 6.45) is 0. The van der Waals surface area contributed by atoms with Crippen molar-refractivity contribution >= 4 is 17.1 Å². The van der Waals surface area contributed by atoms with E-state index in [1.165, 1.54) is 0 Å².